The van der Waals surface area contributed by atoms with Crippen LogP contribution < -0.4 is 0 Å². The lowest BCUT2D eigenvalue weighted by molar-refractivity contribution is 0.640. The fraction of sp³-hybridized carbons (Fsp3) is 0.188. The van der Waals surface area contributed by atoms with E-state index in [1.165, 1.54) is 17.3 Å². The van der Waals surface area contributed by atoms with Gasteiger partial charge in [-0.1, -0.05) is 68.4 Å². The summed E-state index contributed by atoms with van der Waals surface area (Å²) in [4.78, 5) is 0. The lowest BCUT2D eigenvalue weighted by Crippen LogP contribution is -2.20. The van der Waals surface area contributed by atoms with Gasteiger partial charge in [0.05, 0.1) is 0 Å². The highest BCUT2D eigenvalue weighted by Gasteiger charge is 2.24. The van der Waals surface area contributed by atoms with Crippen LogP contribution in [0.5, 0.6) is 0 Å². The molecule has 0 fully saturated rings. The average molecular weight is 223 g/mol. The molecule has 0 spiro atoms. The predicted molar refractivity (Wildman–Crippen MR) is 72.9 cm³/mol. The van der Waals surface area contributed by atoms with Crippen molar-refractivity contribution in [1.82, 2.24) is 0 Å². The summed E-state index contributed by atoms with van der Waals surface area (Å²) in [6.45, 7) is 4.40. The lowest BCUT2D eigenvalue weighted by atomic mass is 9.76. The molecule has 1 nitrogen and oxygen atoms in total. The maximum absolute atomic E-state index is 7.50. The molecular weight excluding hydrogens is 206 g/mol. The first kappa shape index (κ1) is 11.6. The van der Waals surface area contributed by atoms with Crippen molar-refractivity contribution in [3.63, 3.8) is 0 Å². The molecule has 0 saturated carbocycles. The average Bonchev–Trinajstić information content (AvgIpc) is 2.39. The van der Waals surface area contributed by atoms with Gasteiger partial charge in [-0.3, -0.25) is 0 Å². The van der Waals surface area contributed by atoms with Crippen molar-refractivity contribution < 1.29 is 0 Å². The predicted octanol–water partition coefficient (Wildman–Crippen LogP) is 4.01. The van der Waals surface area contributed by atoms with Gasteiger partial charge in [-0.05, 0) is 16.7 Å². The Bertz CT molecular complexity index is 512. The molecular formula is C16H17N. The van der Waals surface area contributed by atoms with E-state index in [-0.39, 0.29) is 5.41 Å². The van der Waals surface area contributed by atoms with E-state index in [1.807, 2.05) is 24.3 Å². The summed E-state index contributed by atoms with van der Waals surface area (Å²) >= 11 is 0. The Hall–Kier alpha value is -1.89. The van der Waals surface area contributed by atoms with E-state index in [0.717, 1.165) is 5.56 Å². The summed E-state index contributed by atoms with van der Waals surface area (Å²) < 4.78 is 0. The Kier molecular flexibility index (Phi) is 3.10. The summed E-state index contributed by atoms with van der Waals surface area (Å²) in [5.74, 6) is 0. The third-order valence-electron chi connectivity index (χ3n) is 3.29. The minimum absolute atomic E-state index is 0.0740. The molecule has 0 radical (unpaired) electrons. The first-order valence-electron chi connectivity index (χ1n) is 5.82. The molecule has 0 amide bonds. The van der Waals surface area contributed by atoms with E-state index in [2.05, 4.69) is 44.2 Å². The summed E-state index contributed by atoms with van der Waals surface area (Å²) in [7, 11) is 0. The second-order valence-electron chi connectivity index (χ2n) is 4.72. The largest absolute Gasteiger partial charge is 0.308 e. The van der Waals surface area contributed by atoms with Gasteiger partial charge in [0, 0.05) is 11.6 Å². The topological polar surface area (TPSA) is 23.9 Å². The third kappa shape index (κ3) is 2.14. The van der Waals surface area contributed by atoms with Crippen LogP contribution in [0.3, 0.4) is 0 Å². The Labute approximate surface area is 103 Å². The van der Waals surface area contributed by atoms with Crippen molar-refractivity contribution in [2.75, 3.05) is 0 Å². The van der Waals surface area contributed by atoms with Crippen molar-refractivity contribution in [2.45, 2.75) is 19.3 Å². The molecule has 2 rings (SSSR count). The molecule has 0 aliphatic carbocycles. The molecule has 0 bridgehead atoms. The summed E-state index contributed by atoms with van der Waals surface area (Å²) in [5.41, 5.74) is 3.38. The molecule has 2 aromatic carbocycles. The molecule has 1 N–H and O–H groups in total. The first-order chi connectivity index (χ1) is 8.16. The Balaban J connectivity index is 2.55. The Morgan fingerprint density at radius 2 is 1.47 bits per heavy atom. The van der Waals surface area contributed by atoms with E-state index in [9.17, 15) is 0 Å². The fourth-order valence-corrected chi connectivity index (χ4v) is 2.20. The number of nitrogens with one attached hydrogen (secondary N) is 1. The Morgan fingerprint density at radius 1 is 0.882 bits per heavy atom. The van der Waals surface area contributed by atoms with E-state index >= 15 is 0 Å². The van der Waals surface area contributed by atoms with Gasteiger partial charge in [-0.2, -0.15) is 0 Å². The third-order valence-corrected chi connectivity index (χ3v) is 3.29. The normalized spacial score (nSPS) is 11.2. The van der Waals surface area contributed by atoms with Crippen molar-refractivity contribution in [2.24, 2.45) is 0 Å². The van der Waals surface area contributed by atoms with Gasteiger partial charge >= 0.3 is 0 Å². The molecule has 0 unspecified atom stereocenters. The van der Waals surface area contributed by atoms with E-state index in [4.69, 9.17) is 5.41 Å². The minimum Gasteiger partial charge on any atom is -0.308 e. The molecule has 17 heavy (non-hydrogen) atoms. The van der Waals surface area contributed by atoms with Gasteiger partial charge in [0.2, 0.25) is 0 Å². The second-order valence-corrected chi connectivity index (χ2v) is 4.72. The molecule has 0 saturated heterocycles. The minimum atomic E-state index is -0.0740. The van der Waals surface area contributed by atoms with Crippen molar-refractivity contribution >= 4 is 6.21 Å². The van der Waals surface area contributed by atoms with Gasteiger partial charge < -0.3 is 5.41 Å². The van der Waals surface area contributed by atoms with Crippen LogP contribution in [-0.2, 0) is 5.41 Å². The van der Waals surface area contributed by atoms with Gasteiger partial charge in [0.1, 0.15) is 0 Å². The van der Waals surface area contributed by atoms with Gasteiger partial charge in [-0.15, -0.1) is 0 Å². The lowest BCUT2D eigenvalue weighted by Gasteiger charge is -2.27. The zero-order chi connectivity index (χ0) is 12.3. The van der Waals surface area contributed by atoms with Gasteiger partial charge in [-0.25, -0.2) is 0 Å². The van der Waals surface area contributed by atoms with E-state index in [1.54, 1.807) is 0 Å². The zero-order valence-corrected chi connectivity index (χ0v) is 10.3. The van der Waals surface area contributed by atoms with Crippen LogP contribution in [0.1, 0.15) is 30.5 Å². The van der Waals surface area contributed by atoms with Crippen LogP contribution >= 0.6 is 0 Å². The number of hydrogen-bond donors (Lipinski definition) is 1. The summed E-state index contributed by atoms with van der Waals surface area (Å²) in [5, 5.41) is 7.50. The highest BCUT2D eigenvalue weighted by atomic mass is 14.4. The second kappa shape index (κ2) is 4.54. The number of rotatable bonds is 3. The van der Waals surface area contributed by atoms with E-state index < -0.39 is 0 Å². The van der Waals surface area contributed by atoms with Crippen LogP contribution in [0.25, 0.3) is 0 Å². The van der Waals surface area contributed by atoms with Crippen molar-refractivity contribution in [3.05, 3.63) is 71.3 Å². The Morgan fingerprint density at radius 3 is 2.12 bits per heavy atom. The van der Waals surface area contributed by atoms with Crippen molar-refractivity contribution in [3.8, 4) is 0 Å². The first-order valence-corrected chi connectivity index (χ1v) is 5.82. The maximum Gasteiger partial charge on any atom is 0.0253 e. The molecule has 0 aromatic heterocycles. The highest BCUT2D eigenvalue weighted by Crippen LogP contribution is 2.32. The van der Waals surface area contributed by atoms with Crippen LogP contribution in [0.4, 0.5) is 0 Å². The molecule has 1 heteroatoms. The SMILES string of the molecule is CC(C)(c1ccccc1)c1ccccc1C=N. The molecule has 0 aliphatic rings. The van der Waals surface area contributed by atoms with Crippen LogP contribution in [0.2, 0.25) is 0 Å². The molecule has 0 atom stereocenters. The molecule has 0 heterocycles. The standard InChI is InChI=1S/C16H17N/c1-16(2,14-9-4-3-5-10-14)15-11-7-6-8-13(15)12-17/h3-12,17H,1-2H3. The summed E-state index contributed by atoms with van der Waals surface area (Å²) in [6, 6.07) is 18.5. The monoisotopic (exact) mass is 223 g/mol. The smallest absolute Gasteiger partial charge is 0.0253 e. The fourth-order valence-electron chi connectivity index (χ4n) is 2.20. The van der Waals surface area contributed by atoms with Crippen LogP contribution in [0, 0.1) is 5.41 Å². The molecule has 2 aromatic rings. The molecule has 0 aliphatic heterocycles. The van der Waals surface area contributed by atoms with Crippen LogP contribution in [0.15, 0.2) is 54.6 Å². The molecule has 86 valence electrons. The van der Waals surface area contributed by atoms with Gasteiger partial charge in [0.15, 0.2) is 0 Å². The maximum atomic E-state index is 7.50. The van der Waals surface area contributed by atoms with Crippen molar-refractivity contribution in [1.29, 1.82) is 5.41 Å². The zero-order valence-electron chi connectivity index (χ0n) is 10.3. The van der Waals surface area contributed by atoms with Crippen LogP contribution in [-0.4, -0.2) is 6.21 Å². The summed E-state index contributed by atoms with van der Waals surface area (Å²) in [6.07, 6.45) is 1.43. The quantitative estimate of drug-likeness (QED) is 0.760. The van der Waals surface area contributed by atoms with E-state index in [0.29, 0.717) is 0 Å². The number of benzene rings is 2. The van der Waals surface area contributed by atoms with Gasteiger partial charge in [0.25, 0.3) is 0 Å². The number of hydrogen-bond acceptors (Lipinski definition) is 1. The highest BCUT2D eigenvalue weighted by molar-refractivity contribution is 5.80.